The molecule has 0 aromatic heterocycles. The molecule has 1 aromatic rings. The van der Waals surface area contributed by atoms with E-state index in [2.05, 4.69) is 43.2 Å². The summed E-state index contributed by atoms with van der Waals surface area (Å²) in [6.07, 6.45) is 3.30. The summed E-state index contributed by atoms with van der Waals surface area (Å²) in [5.74, 6) is 0. The predicted molar refractivity (Wildman–Crippen MR) is 74.1 cm³/mol. The van der Waals surface area contributed by atoms with Gasteiger partial charge in [0, 0.05) is 12.6 Å². The van der Waals surface area contributed by atoms with Crippen LogP contribution in [0.2, 0.25) is 0 Å². The van der Waals surface area contributed by atoms with Crippen LogP contribution in [0.25, 0.3) is 0 Å². The molecule has 0 bridgehead atoms. The third-order valence-corrected chi connectivity index (χ3v) is 3.60. The molecule has 1 saturated heterocycles. The fourth-order valence-corrected chi connectivity index (χ4v) is 2.54. The first-order valence-corrected chi connectivity index (χ1v) is 6.94. The van der Waals surface area contributed by atoms with Gasteiger partial charge in [-0.3, -0.25) is 4.84 Å². The summed E-state index contributed by atoms with van der Waals surface area (Å²) in [5.41, 5.74) is 8.85. The minimum atomic E-state index is 0.116. The number of hydroxylamine groups is 2. The lowest BCUT2D eigenvalue weighted by atomic mass is 9.96. The van der Waals surface area contributed by atoms with Gasteiger partial charge in [-0.05, 0) is 31.7 Å². The van der Waals surface area contributed by atoms with Crippen molar-refractivity contribution in [2.24, 2.45) is 5.73 Å². The molecule has 1 aliphatic rings. The number of benzene rings is 1. The van der Waals surface area contributed by atoms with Crippen molar-refractivity contribution in [3.8, 4) is 0 Å². The normalized spacial score (nSPS) is 20.6. The summed E-state index contributed by atoms with van der Waals surface area (Å²) in [4.78, 5) is 5.81. The first-order valence-electron chi connectivity index (χ1n) is 6.94. The highest BCUT2D eigenvalue weighted by Crippen LogP contribution is 2.28. The fourth-order valence-electron chi connectivity index (χ4n) is 2.54. The van der Waals surface area contributed by atoms with E-state index < -0.39 is 0 Å². The van der Waals surface area contributed by atoms with E-state index in [1.807, 2.05) is 0 Å². The van der Waals surface area contributed by atoms with E-state index in [0.717, 1.165) is 26.0 Å². The summed E-state index contributed by atoms with van der Waals surface area (Å²) in [5, 5.41) is 2.09. The Morgan fingerprint density at radius 1 is 1.39 bits per heavy atom. The van der Waals surface area contributed by atoms with Crippen molar-refractivity contribution >= 4 is 0 Å². The number of nitrogens with two attached hydrogens (primary N) is 1. The SMILES string of the molecule is CCC(N)C(c1cccc(C)c1)N1CCCCO1. The van der Waals surface area contributed by atoms with E-state index in [9.17, 15) is 0 Å². The molecule has 3 nitrogen and oxygen atoms in total. The van der Waals surface area contributed by atoms with Gasteiger partial charge in [-0.2, -0.15) is 5.06 Å². The van der Waals surface area contributed by atoms with Crippen LogP contribution >= 0.6 is 0 Å². The molecule has 1 aliphatic heterocycles. The molecule has 2 N–H and O–H groups in total. The molecule has 0 saturated carbocycles. The highest BCUT2D eigenvalue weighted by Gasteiger charge is 2.28. The van der Waals surface area contributed by atoms with E-state index in [1.54, 1.807) is 0 Å². The van der Waals surface area contributed by atoms with Gasteiger partial charge in [0.25, 0.3) is 0 Å². The number of rotatable bonds is 4. The van der Waals surface area contributed by atoms with Gasteiger partial charge in [-0.1, -0.05) is 36.8 Å². The fraction of sp³-hybridized carbons (Fsp3) is 0.600. The zero-order valence-electron chi connectivity index (χ0n) is 11.4. The van der Waals surface area contributed by atoms with Gasteiger partial charge < -0.3 is 5.73 Å². The minimum Gasteiger partial charge on any atom is -0.326 e. The number of aryl methyl sites for hydroxylation is 1. The molecule has 0 radical (unpaired) electrons. The highest BCUT2D eigenvalue weighted by atomic mass is 16.7. The summed E-state index contributed by atoms with van der Waals surface area (Å²) in [6.45, 7) is 6.05. The van der Waals surface area contributed by atoms with Crippen LogP contribution in [0.4, 0.5) is 0 Å². The third-order valence-electron chi connectivity index (χ3n) is 3.60. The van der Waals surface area contributed by atoms with Crippen LogP contribution in [0.5, 0.6) is 0 Å². The molecule has 2 rings (SSSR count). The summed E-state index contributed by atoms with van der Waals surface area (Å²) >= 11 is 0. The summed E-state index contributed by atoms with van der Waals surface area (Å²) in [6, 6.07) is 8.89. The van der Waals surface area contributed by atoms with Crippen LogP contribution < -0.4 is 5.73 Å². The molecule has 0 spiro atoms. The Hall–Kier alpha value is -0.900. The highest BCUT2D eigenvalue weighted by molar-refractivity contribution is 5.26. The van der Waals surface area contributed by atoms with Crippen LogP contribution in [0, 0.1) is 6.92 Å². The lowest BCUT2D eigenvalue weighted by molar-refractivity contribution is -0.212. The Balaban J connectivity index is 2.23. The average Bonchev–Trinajstić information content (AvgIpc) is 2.40. The second kappa shape index (κ2) is 6.32. The van der Waals surface area contributed by atoms with Crippen molar-refractivity contribution in [3.05, 3.63) is 35.4 Å². The van der Waals surface area contributed by atoms with E-state index in [0.29, 0.717) is 0 Å². The third kappa shape index (κ3) is 3.10. The van der Waals surface area contributed by atoms with Gasteiger partial charge in [0.15, 0.2) is 0 Å². The molecule has 1 fully saturated rings. The molecule has 2 atom stereocenters. The van der Waals surface area contributed by atoms with Gasteiger partial charge in [-0.15, -0.1) is 0 Å². The maximum absolute atomic E-state index is 6.31. The lowest BCUT2D eigenvalue weighted by Crippen LogP contribution is -2.43. The monoisotopic (exact) mass is 248 g/mol. The van der Waals surface area contributed by atoms with E-state index in [4.69, 9.17) is 10.6 Å². The standard InChI is InChI=1S/C15H24N2O/c1-3-14(16)15(17-9-4-5-10-18-17)13-8-6-7-12(2)11-13/h6-8,11,14-15H,3-5,9-10,16H2,1-2H3. The summed E-state index contributed by atoms with van der Waals surface area (Å²) < 4.78 is 0. The Labute approximate surface area is 110 Å². The topological polar surface area (TPSA) is 38.5 Å². The van der Waals surface area contributed by atoms with E-state index in [-0.39, 0.29) is 12.1 Å². The van der Waals surface area contributed by atoms with Crippen molar-refractivity contribution in [2.45, 2.75) is 45.2 Å². The second-order valence-electron chi connectivity index (χ2n) is 5.11. The zero-order valence-corrected chi connectivity index (χ0v) is 11.4. The van der Waals surface area contributed by atoms with E-state index >= 15 is 0 Å². The van der Waals surface area contributed by atoms with Crippen molar-refractivity contribution in [2.75, 3.05) is 13.2 Å². The molecule has 0 amide bonds. The van der Waals surface area contributed by atoms with Crippen LogP contribution in [-0.4, -0.2) is 24.3 Å². The Bertz CT molecular complexity index is 375. The molecular weight excluding hydrogens is 224 g/mol. The lowest BCUT2D eigenvalue weighted by Gasteiger charge is -2.37. The van der Waals surface area contributed by atoms with Crippen LogP contribution in [-0.2, 0) is 4.84 Å². The largest absolute Gasteiger partial charge is 0.326 e. The maximum Gasteiger partial charge on any atom is 0.0753 e. The van der Waals surface area contributed by atoms with Gasteiger partial charge in [-0.25, -0.2) is 0 Å². The minimum absolute atomic E-state index is 0.116. The Morgan fingerprint density at radius 3 is 2.83 bits per heavy atom. The molecule has 1 aromatic carbocycles. The summed E-state index contributed by atoms with van der Waals surface area (Å²) in [7, 11) is 0. The molecule has 0 aliphatic carbocycles. The number of nitrogens with zero attached hydrogens (tertiary/aromatic N) is 1. The molecule has 100 valence electrons. The van der Waals surface area contributed by atoms with Gasteiger partial charge in [0.1, 0.15) is 0 Å². The quantitative estimate of drug-likeness (QED) is 0.890. The Kier molecular flexibility index (Phi) is 4.75. The van der Waals surface area contributed by atoms with Gasteiger partial charge >= 0.3 is 0 Å². The first kappa shape index (κ1) is 13.5. The van der Waals surface area contributed by atoms with Gasteiger partial charge in [0.2, 0.25) is 0 Å². The van der Waals surface area contributed by atoms with Crippen LogP contribution in [0.1, 0.15) is 43.4 Å². The van der Waals surface area contributed by atoms with Crippen LogP contribution in [0.15, 0.2) is 24.3 Å². The molecule has 2 unspecified atom stereocenters. The van der Waals surface area contributed by atoms with Crippen molar-refractivity contribution in [1.29, 1.82) is 0 Å². The second-order valence-corrected chi connectivity index (χ2v) is 5.11. The zero-order chi connectivity index (χ0) is 13.0. The molecule has 18 heavy (non-hydrogen) atoms. The van der Waals surface area contributed by atoms with Gasteiger partial charge in [0.05, 0.1) is 12.6 Å². The Morgan fingerprint density at radius 2 is 2.22 bits per heavy atom. The molecule has 1 heterocycles. The van der Waals surface area contributed by atoms with E-state index in [1.165, 1.54) is 17.5 Å². The molecule has 3 heteroatoms. The maximum atomic E-state index is 6.31. The van der Waals surface area contributed by atoms with Crippen LogP contribution in [0.3, 0.4) is 0 Å². The average molecular weight is 248 g/mol. The predicted octanol–water partition coefficient (Wildman–Crippen LogP) is 2.80. The van der Waals surface area contributed by atoms with Crippen molar-refractivity contribution < 1.29 is 4.84 Å². The number of hydrogen-bond acceptors (Lipinski definition) is 3. The first-order chi connectivity index (χ1) is 8.72. The molecular formula is C15H24N2O. The number of hydrogen-bond donors (Lipinski definition) is 1. The van der Waals surface area contributed by atoms with Crippen molar-refractivity contribution in [3.63, 3.8) is 0 Å². The van der Waals surface area contributed by atoms with Crippen molar-refractivity contribution in [1.82, 2.24) is 5.06 Å². The smallest absolute Gasteiger partial charge is 0.0753 e.